The van der Waals surface area contributed by atoms with E-state index < -0.39 is 6.09 Å². The van der Waals surface area contributed by atoms with E-state index in [0.29, 0.717) is 16.9 Å². The Labute approximate surface area is 122 Å². The predicted octanol–water partition coefficient (Wildman–Crippen LogP) is 3.43. The zero-order chi connectivity index (χ0) is 15.2. The van der Waals surface area contributed by atoms with Crippen LogP contribution < -0.4 is 10.6 Å². The topological polar surface area (TPSA) is 67.4 Å². The lowest BCUT2D eigenvalue weighted by molar-refractivity contribution is 0.102. The molecular weight excluding hydrogens is 268 g/mol. The van der Waals surface area contributed by atoms with Gasteiger partial charge in [-0.25, -0.2) is 4.79 Å². The number of benzene rings is 2. The van der Waals surface area contributed by atoms with Crippen LogP contribution in [0, 0.1) is 6.92 Å². The highest BCUT2D eigenvalue weighted by Gasteiger charge is 2.13. The van der Waals surface area contributed by atoms with E-state index in [2.05, 4.69) is 15.4 Å². The molecule has 0 unspecified atom stereocenters. The number of carbonyl (C=O) groups is 2. The van der Waals surface area contributed by atoms with Crippen LogP contribution >= 0.6 is 0 Å². The summed E-state index contributed by atoms with van der Waals surface area (Å²) < 4.78 is 4.54. The molecule has 2 rings (SSSR count). The first-order valence-electron chi connectivity index (χ1n) is 6.42. The second-order valence-electron chi connectivity index (χ2n) is 4.49. The van der Waals surface area contributed by atoms with Gasteiger partial charge in [0.15, 0.2) is 0 Å². The van der Waals surface area contributed by atoms with E-state index in [9.17, 15) is 9.59 Å². The van der Waals surface area contributed by atoms with Gasteiger partial charge in [0.25, 0.3) is 5.91 Å². The Morgan fingerprint density at radius 2 is 1.76 bits per heavy atom. The maximum atomic E-state index is 12.3. The molecule has 5 nitrogen and oxygen atoms in total. The van der Waals surface area contributed by atoms with Gasteiger partial charge in [0.05, 0.1) is 18.4 Å². The summed E-state index contributed by atoms with van der Waals surface area (Å²) in [6.45, 7) is 1.95. The molecule has 21 heavy (non-hydrogen) atoms. The Bertz CT molecular complexity index is 668. The van der Waals surface area contributed by atoms with E-state index in [1.807, 2.05) is 25.1 Å². The molecule has 0 aliphatic heterocycles. The lowest BCUT2D eigenvalue weighted by Gasteiger charge is -2.11. The fourth-order valence-corrected chi connectivity index (χ4v) is 1.87. The van der Waals surface area contributed by atoms with Crippen molar-refractivity contribution in [1.82, 2.24) is 0 Å². The van der Waals surface area contributed by atoms with Crippen LogP contribution in [0.25, 0.3) is 0 Å². The molecule has 0 saturated heterocycles. The van der Waals surface area contributed by atoms with Gasteiger partial charge in [-0.15, -0.1) is 0 Å². The van der Waals surface area contributed by atoms with Gasteiger partial charge >= 0.3 is 6.09 Å². The van der Waals surface area contributed by atoms with Gasteiger partial charge in [0.1, 0.15) is 0 Å². The summed E-state index contributed by atoms with van der Waals surface area (Å²) in [7, 11) is 1.27. The third-order valence-corrected chi connectivity index (χ3v) is 2.87. The van der Waals surface area contributed by atoms with Crippen molar-refractivity contribution in [2.45, 2.75) is 6.92 Å². The maximum Gasteiger partial charge on any atom is 0.411 e. The van der Waals surface area contributed by atoms with Crippen LogP contribution in [0.4, 0.5) is 16.2 Å². The van der Waals surface area contributed by atoms with Gasteiger partial charge in [-0.05, 0) is 36.8 Å². The van der Waals surface area contributed by atoms with Gasteiger partial charge in [0.2, 0.25) is 0 Å². The quantitative estimate of drug-likeness (QED) is 0.907. The predicted molar refractivity (Wildman–Crippen MR) is 81.6 cm³/mol. The number of nitrogens with one attached hydrogen (secondary N) is 2. The fraction of sp³-hybridized carbons (Fsp3) is 0.125. The number of amides is 2. The second kappa shape index (κ2) is 6.56. The van der Waals surface area contributed by atoms with Crippen molar-refractivity contribution < 1.29 is 14.3 Å². The van der Waals surface area contributed by atoms with E-state index in [-0.39, 0.29) is 5.91 Å². The number of para-hydroxylation sites is 1. The molecule has 108 valence electrons. The van der Waals surface area contributed by atoms with E-state index in [0.717, 1.165) is 5.56 Å². The second-order valence-corrected chi connectivity index (χ2v) is 4.49. The number of methoxy groups -OCH3 is 1. The number of anilines is 2. The summed E-state index contributed by atoms with van der Waals surface area (Å²) in [5, 5.41) is 5.32. The molecule has 0 saturated carbocycles. The first-order chi connectivity index (χ1) is 10.1. The van der Waals surface area contributed by atoms with E-state index >= 15 is 0 Å². The van der Waals surface area contributed by atoms with Gasteiger partial charge in [-0.3, -0.25) is 10.1 Å². The van der Waals surface area contributed by atoms with Gasteiger partial charge in [-0.2, -0.15) is 0 Å². The molecule has 0 aliphatic carbocycles. The summed E-state index contributed by atoms with van der Waals surface area (Å²) in [4.78, 5) is 23.6. The van der Waals surface area contributed by atoms with Crippen LogP contribution in [-0.4, -0.2) is 19.1 Å². The highest BCUT2D eigenvalue weighted by Crippen LogP contribution is 2.18. The molecule has 0 atom stereocenters. The summed E-state index contributed by atoms with van der Waals surface area (Å²) in [6, 6.07) is 14.2. The lowest BCUT2D eigenvalue weighted by atomic mass is 10.1. The van der Waals surface area contributed by atoms with Crippen molar-refractivity contribution >= 4 is 23.4 Å². The monoisotopic (exact) mass is 284 g/mol. The number of aryl methyl sites for hydroxylation is 1. The Hall–Kier alpha value is -2.82. The Kier molecular flexibility index (Phi) is 4.56. The Balaban J connectivity index is 2.21. The average molecular weight is 284 g/mol. The van der Waals surface area contributed by atoms with Gasteiger partial charge < -0.3 is 10.1 Å². The number of hydrogen-bond acceptors (Lipinski definition) is 3. The molecule has 0 aromatic heterocycles. The summed E-state index contributed by atoms with van der Waals surface area (Å²) in [5.41, 5.74) is 2.51. The van der Waals surface area contributed by atoms with Crippen LogP contribution in [0.1, 0.15) is 15.9 Å². The van der Waals surface area contributed by atoms with Crippen LogP contribution in [0.5, 0.6) is 0 Å². The van der Waals surface area contributed by atoms with Crippen LogP contribution in [0.2, 0.25) is 0 Å². The van der Waals surface area contributed by atoms with Crippen molar-refractivity contribution in [3.8, 4) is 0 Å². The summed E-state index contributed by atoms with van der Waals surface area (Å²) in [5.74, 6) is -0.299. The molecule has 0 radical (unpaired) electrons. The third kappa shape index (κ3) is 3.82. The maximum absolute atomic E-state index is 12.3. The molecule has 0 fully saturated rings. The number of rotatable bonds is 3. The first-order valence-corrected chi connectivity index (χ1v) is 6.42. The normalized spacial score (nSPS) is 9.81. The molecule has 5 heteroatoms. The minimum absolute atomic E-state index is 0.299. The zero-order valence-electron chi connectivity index (χ0n) is 11.8. The molecule has 2 aromatic rings. The molecular formula is C16H16N2O3. The summed E-state index contributed by atoms with van der Waals surface area (Å²) in [6.07, 6.45) is -0.620. The van der Waals surface area contributed by atoms with E-state index in [1.54, 1.807) is 30.3 Å². The Morgan fingerprint density at radius 3 is 2.48 bits per heavy atom. The highest BCUT2D eigenvalue weighted by atomic mass is 16.5. The molecule has 0 aliphatic rings. The first kappa shape index (κ1) is 14.6. The standard InChI is InChI=1S/C16H16N2O3/c1-11-6-5-7-12(10-11)17-15(19)13-8-3-4-9-14(13)18-16(20)21-2/h3-10H,1-2H3,(H,17,19)(H,18,20). The molecule has 0 heterocycles. The van der Waals surface area contributed by atoms with E-state index in [4.69, 9.17) is 0 Å². The smallest absolute Gasteiger partial charge is 0.411 e. The minimum atomic E-state index is -0.620. The van der Waals surface area contributed by atoms with Crippen molar-refractivity contribution in [1.29, 1.82) is 0 Å². The van der Waals surface area contributed by atoms with Crippen molar-refractivity contribution in [3.05, 3.63) is 59.7 Å². The Morgan fingerprint density at radius 1 is 1.00 bits per heavy atom. The molecule has 2 aromatic carbocycles. The van der Waals surface area contributed by atoms with Crippen LogP contribution in [0.3, 0.4) is 0 Å². The van der Waals surface area contributed by atoms with E-state index in [1.165, 1.54) is 7.11 Å². The minimum Gasteiger partial charge on any atom is -0.453 e. The molecule has 2 N–H and O–H groups in total. The van der Waals surface area contributed by atoms with Crippen molar-refractivity contribution in [2.75, 3.05) is 17.7 Å². The summed E-state index contributed by atoms with van der Waals surface area (Å²) >= 11 is 0. The van der Waals surface area contributed by atoms with Crippen molar-refractivity contribution in [3.63, 3.8) is 0 Å². The molecule has 0 spiro atoms. The highest BCUT2D eigenvalue weighted by molar-refractivity contribution is 6.09. The SMILES string of the molecule is COC(=O)Nc1ccccc1C(=O)Nc1cccc(C)c1. The molecule has 2 amide bonds. The van der Waals surface area contributed by atoms with Crippen molar-refractivity contribution in [2.24, 2.45) is 0 Å². The number of ether oxygens (including phenoxy) is 1. The largest absolute Gasteiger partial charge is 0.453 e. The van der Waals surface area contributed by atoms with Crippen LogP contribution in [-0.2, 0) is 4.74 Å². The number of hydrogen-bond donors (Lipinski definition) is 2. The van der Waals surface area contributed by atoms with Gasteiger partial charge in [-0.1, -0.05) is 24.3 Å². The van der Waals surface area contributed by atoms with Crippen LogP contribution in [0.15, 0.2) is 48.5 Å². The fourth-order valence-electron chi connectivity index (χ4n) is 1.87. The zero-order valence-corrected chi connectivity index (χ0v) is 11.8. The number of carbonyl (C=O) groups excluding carboxylic acids is 2. The average Bonchev–Trinajstić information content (AvgIpc) is 2.47. The lowest BCUT2D eigenvalue weighted by Crippen LogP contribution is -2.18. The van der Waals surface area contributed by atoms with Gasteiger partial charge in [0, 0.05) is 5.69 Å². The third-order valence-electron chi connectivity index (χ3n) is 2.87. The molecule has 0 bridgehead atoms.